The number of benzene rings is 1. The Hall–Kier alpha value is -1.35. The van der Waals surface area contributed by atoms with Crippen molar-refractivity contribution in [2.45, 2.75) is 38.6 Å². The average molecular weight is 243 g/mol. The summed E-state index contributed by atoms with van der Waals surface area (Å²) in [4.78, 5) is 4.71. The highest BCUT2D eigenvalue weighted by atomic mass is 15.1. The molecule has 0 spiro atoms. The number of hydrogen-bond donors (Lipinski definition) is 1. The lowest BCUT2D eigenvalue weighted by Gasteiger charge is -2.09. The first kappa shape index (κ1) is 11.7. The normalized spacial score (nSPS) is 19.8. The van der Waals surface area contributed by atoms with Gasteiger partial charge in [0.1, 0.15) is 5.82 Å². The first-order valence-corrected chi connectivity index (χ1v) is 6.95. The van der Waals surface area contributed by atoms with E-state index in [-0.39, 0.29) is 0 Å². The minimum absolute atomic E-state index is 0.664. The molecule has 0 saturated carbocycles. The van der Waals surface area contributed by atoms with E-state index < -0.39 is 0 Å². The van der Waals surface area contributed by atoms with Gasteiger partial charge in [0, 0.05) is 19.5 Å². The van der Waals surface area contributed by atoms with Gasteiger partial charge in [-0.2, -0.15) is 0 Å². The van der Waals surface area contributed by atoms with Gasteiger partial charge in [-0.05, 0) is 43.5 Å². The van der Waals surface area contributed by atoms with E-state index in [1.807, 2.05) is 0 Å². The van der Waals surface area contributed by atoms with Gasteiger partial charge in [-0.25, -0.2) is 4.98 Å². The average Bonchev–Trinajstić information content (AvgIpc) is 2.98. The molecule has 1 N–H and O–H groups in total. The van der Waals surface area contributed by atoms with Crippen LogP contribution in [0.3, 0.4) is 0 Å². The Labute approximate surface area is 108 Å². The first-order chi connectivity index (χ1) is 8.78. The van der Waals surface area contributed by atoms with Crippen LogP contribution in [-0.4, -0.2) is 22.1 Å². The molecule has 1 atom stereocenters. The number of fused-ring (bicyclic) bond motifs is 1. The Morgan fingerprint density at radius 1 is 1.44 bits per heavy atom. The number of imidazole rings is 1. The number of nitrogens with one attached hydrogen (secondary N) is 1. The molecule has 3 nitrogen and oxygen atoms in total. The molecular formula is C15H21N3. The lowest BCUT2D eigenvalue weighted by molar-refractivity contribution is 0.603. The quantitative estimate of drug-likeness (QED) is 0.897. The Bertz CT molecular complexity index is 550. The van der Waals surface area contributed by atoms with E-state index in [0.29, 0.717) is 6.04 Å². The predicted octanol–water partition coefficient (Wildman–Crippen LogP) is 2.43. The molecule has 0 bridgehead atoms. The summed E-state index contributed by atoms with van der Waals surface area (Å²) in [5.74, 6) is 1.17. The summed E-state index contributed by atoms with van der Waals surface area (Å²) in [5.41, 5.74) is 3.79. The summed E-state index contributed by atoms with van der Waals surface area (Å²) >= 11 is 0. The van der Waals surface area contributed by atoms with Gasteiger partial charge in [0.15, 0.2) is 0 Å². The Kier molecular flexibility index (Phi) is 3.08. The molecule has 3 heteroatoms. The summed E-state index contributed by atoms with van der Waals surface area (Å²) in [6, 6.07) is 7.39. The second-order valence-corrected chi connectivity index (χ2v) is 5.26. The van der Waals surface area contributed by atoms with Crippen LogP contribution < -0.4 is 5.32 Å². The standard InChI is InChI=1S/C15H21N3/c1-3-15-17-13-10-11(6-7-14(13)18(15)2)9-12-5-4-8-16-12/h6-7,10,12,16H,3-5,8-9H2,1-2H3. The van der Waals surface area contributed by atoms with E-state index in [1.54, 1.807) is 0 Å². The summed E-state index contributed by atoms with van der Waals surface area (Å²) in [5, 5.41) is 3.56. The zero-order valence-corrected chi connectivity index (χ0v) is 11.2. The fraction of sp³-hybridized carbons (Fsp3) is 0.533. The molecule has 1 unspecified atom stereocenters. The van der Waals surface area contributed by atoms with Gasteiger partial charge in [0.25, 0.3) is 0 Å². The summed E-state index contributed by atoms with van der Waals surface area (Å²) < 4.78 is 2.20. The lowest BCUT2D eigenvalue weighted by atomic mass is 10.0. The highest BCUT2D eigenvalue weighted by Gasteiger charge is 2.15. The fourth-order valence-corrected chi connectivity index (χ4v) is 2.95. The van der Waals surface area contributed by atoms with Crippen LogP contribution in [0.5, 0.6) is 0 Å². The number of nitrogens with zero attached hydrogens (tertiary/aromatic N) is 2. The Balaban J connectivity index is 1.90. The molecule has 1 aromatic heterocycles. The van der Waals surface area contributed by atoms with Crippen molar-refractivity contribution < 1.29 is 0 Å². The fourth-order valence-electron chi connectivity index (χ4n) is 2.95. The van der Waals surface area contributed by atoms with Crippen molar-refractivity contribution in [2.75, 3.05) is 6.54 Å². The van der Waals surface area contributed by atoms with E-state index in [4.69, 9.17) is 4.98 Å². The smallest absolute Gasteiger partial charge is 0.109 e. The van der Waals surface area contributed by atoms with E-state index in [0.717, 1.165) is 18.4 Å². The largest absolute Gasteiger partial charge is 0.331 e. The maximum Gasteiger partial charge on any atom is 0.109 e. The molecule has 1 saturated heterocycles. The highest BCUT2D eigenvalue weighted by molar-refractivity contribution is 5.76. The van der Waals surface area contributed by atoms with Gasteiger partial charge in [0.2, 0.25) is 0 Å². The molecule has 1 aliphatic heterocycles. The maximum absolute atomic E-state index is 4.71. The molecule has 18 heavy (non-hydrogen) atoms. The molecule has 96 valence electrons. The van der Waals surface area contributed by atoms with E-state index in [9.17, 15) is 0 Å². The summed E-state index contributed by atoms with van der Waals surface area (Å²) in [7, 11) is 2.10. The maximum atomic E-state index is 4.71. The third kappa shape index (κ3) is 2.03. The number of hydrogen-bond acceptors (Lipinski definition) is 2. The van der Waals surface area contributed by atoms with Gasteiger partial charge in [-0.1, -0.05) is 13.0 Å². The molecule has 0 aliphatic carbocycles. The van der Waals surface area contributed by atoms with Gasteiger partial charge in [-0.3, -0.25) is 0 Å². The molecule has 0 radical (unpaired) electrons. The van der Waals surface area contributed by atoms with Gasteiger partial charge in [-0.15, -0.1) is 0 Å². The molecule has 2 aromatic rings. The van der Waals surface area contributed by atoms with Crippen LogP contribution in [0.25, 0.3) is 11.0 Å². The van der Waals surface area contributed by atoms with Crippen LogP contribution in [0.15, 0.2) is 18.2 Å². The Morgan fingerprint density at radius 3 is 3.06 bits per heavy atom. The van der Waals surface area contributed by atoms with Crippen LogP contribution >= 0.6 is 0 Å². The van der Waals surface area contributed by atoms with Gasteiger partial charge in [0.05, 0.1) is 11.0 Å². The SMILES string of the molecule is CCc1nc2cc(CC3CCCN3)ccc2n1C. The minimum Gasteiger partial charge on any atom is -0.331 e. The predicted molar refractivity (Wildman–Crippen MR) is 74.8 cm³/mol. The molecule has 3 rings (SSSR count). The second kappa shape index (κ2) is 4.73. The summed E-state index contributed by atoms with van der Waals surface area (Å²) in [6.07, 6.45) is 4.75. The molecule has 0 amide bonds. The van der Waals surface area contributed by atoms with Crippen molar-refractivity contribution in [3.8, 4) is 0 Å². The Morgan fingerprint density at radius 2 is 2.33 bits per heavy atom. The highest BCUT2D eigenvalue weighted by Crippen LogP contribution is 2.19. The molecular weight excluding hydrogens is 222 g/mol. The molecule has 1 fully saturated rings. The third-order valence-corrected chi connectivity index (χ3v) is 4.00. The van der Waals surface area contributed by atoms with Gasteiger partial charge < -0.3 is 9.88 Å². The topological polar surface area (TPSA) is 29.9 Å². The second-order valence-electron chi connectivity index (χ2n) is 5.26. The van der Waals surface area contributed by atoms with Crippen LogP contribution in [0, 0.1) is 0 Å². The zero-order chi connectivity index (χ0) is 12.5. The zero-order valence-electron chi connectivity index (χ0n) is 11.2. The van der Waals surface area contributed by atoms with E-state index in [2.05, 4.69) is 42.1 Å². The number of aromatic nitrogens is 2. The monoisotopic (exact) mass is 243 g/mol. The van der Waals surface area contributed by atoms with Crippen molar-refractivity contribution in [1.29, 1.82) is 0 Å². The molecule has 2 heterocycles. The van der Waals surface area contributed by atoms with Gasteiger partial charge >= 0.3 is 0 Å². The van der Waals surface area contributed by atoms with Crippen LogP contribution in [0.2, 0.25) is 0 Å². The first-order valence-electron chi connectivity index (χ1n) is 6.95. The third-order valence-electron chi connectivity index (χ3n) is 4.00. The molecule has 1 aliphatic rings. The summed E-state index contributed by atoms with van der Waals surface area (Å²) in [6.45, 7) is 3.33. The minimum atomic E-state index is 0.664. The number of aryl methyl sites for hydroxylation is 2. The number of rotatable bonds is 3. The van der Waals surface area contributed by atoms with Crippen molar-refractivity contribution >= 4 is 11.0 Å². The van der Waals surface area contributed by atoms with E-state index in [1.165, 1.54) is 36.3 Å². The lowest BCUT2D eigenvalue weighted by Crippen LogP contribution is -2.23. The van der Waals surface area contributed by atoms with Crippen molar-refractivity contribution in [2.24, 2.45) is 7.05 Å². The van der Waals surface area contributed by atoms with Crippen LogP contribution in [0.4, 0.5) is 0 Å². The van der Waals surface area contributed by atoms with Crippen LogP contribution in [0.1, 0.15) is 31.2 Å². The molecule has 1 aromatic carbocycles. The van der Waals surface area contributed by atoms with Crippen molar-refractivity contribution in [1.82, 2.24) is 14.9 Å². The van der Waals surface area contributed by atoms with Crippen LogP contribution in [-0.2, 0) is 19.9 Å². The van der Waals surface area contributed by atoms with E-state index >= 15 is 0 Å². The van der Waals surface area contributed by atoms with Crippen molar-refractivity contribution in [3.05, 3.63) is 29.6 Å². The van der Waals surface area contributed by atoms with Crippen molar-refractivity contribution in [3.63, 3.8) is 0 Å².